The van der Waals surface area contributed by atoms with Crippen LogP contribution in [0.5, 0.6) is 0 Å². The minimum Gasteiger partial charge on any atom is -0.314 e. The van der Waals surface area contributed by atoms with Gasteiger partial charge in [0.15, 0.2) is 11.2 Å². The molecule has 0 spiro atoms. The van der Waals surface area contributed by atoms with E-state index in [1.165, 1.54) is 9.13 Å². The van der Waals surface area contributed by atoms with Crippen LogP contribution >= 0.6 is 0 Å². The molecule has 0 saturated heterocycles. The Bertz CT molecular complexity index is 1330. The first kappa shape index (κ1) is 18.3. The van der Waals surface area contributed by atoms with E-state index < -0.39 is 0 Å². The molecule has 28 heavy (non-hydrogen) atoms. The van der Waals surface area contributed by atoms with Crippen LogP contribution in [0.1, 0.15) is 35.7 Å². The van der Waals surface area contributed by atoms with Crippen LogP contribution < -0.4 is 11.2 Å². The quantitative estimate of drug-likeness (QED) is 0.547. The molecule has 3 aromatic heterocycles. The highest BCUT2D eigenvalue weighted by atomic mass is 16.2. The minimum absolute atomic E-state index is 0.247. The van der Waals surface area contributed by atoms with Crippen LogP contribution in [0.15, 0.2) is 34.0 Å². The molecule has 0 N–H and O–H groups in total. The second-order valence-electron chi connectivity index (χ2n) is 7.54. The molecule has 4 rings (SSSR count). The zero-order valence-corrected chi connectivity index (χ0v) is 17.0. The zero-order valence-electron chi connectivity index (χ0n) is 17.0. The highest BCUT2D eigenvalue weighted by Gasteiger charge is 2.20. The molecule has 1 aromatic carbocycles. The maximum absolute atomic E-state index is 13.3. The van der Waals surface area contributed by atoms with E-state index in [1.54, 1.807) is 7.05 Å². The van der Waals surface area contributed by atoms with Crippen molar-refractivity contribution in [2.45, 2.75) is 47.2 Å². The van der Waals surface area contributed by atoms with E-state index in [-0.39, 0.29) is 17.8 Å². The average molecular weight is 379 g/mol. The van der Waals surface area contributed by atoms with Crippen molar-refractivity contribution in [3.8, 4) is 0 Å². The fourth-order valence-corrected chi connectivity index (χ4v) is 3.84. The Labute approximate surface area is 162 Å². The molecule has 0 aliphatic rings. The number of hydrogen-bond acceptors (Lipinski definition) is 3. The number of hydrogen-bond donors (Lipinski definition) is 0. The van der Waals surface area contributed by atoms with Crippen LogP contribution in [0, 0.1) is 20.8 Å². The molecule has 0 aliphatic heterocycles. The van der Waals surface area contributed by atoms with Gasteiger partial charge in [0, 0.05) is 25.5 Å². The Morgan fingerprint density at radius 1 is 1.07 bits per heavy atom. The Kier molecular flexibility index (Phi) is 4.25. The van der Waals surface area contributed by atoms with Gasteiger partial charge in [0.05, 0.1) is 6.54 Å². The summed E-state index contributed by atoms with van der Waals surface area (Å²) in [6, 6.07) is 6.08. The summed E-state index contributed by atoms with van der Waals surface area (Å²) in [6.07, 6.45) is 2.89. The molecule has 0 unspecified atom stereocenters. The third-order valence-electron chi connectivity index (χ3n) is 5.42. The summed E-state index contributed by atoms with van der Waals surface area (Å²) < 4.78 is 6.69. The lowest BCUT2D eigenvalue weighted by Crippen LogP contribution is -2.39. The van der Waals surface area contributed by atoms with Crippen molar-refractivity contribution in [1.29, 1.82) is 0 Å². The lowest BCUT2D eigenvalue weighted by atomic mass is 10.1. The molecule has 0 amide bonds. The van der Waals surface area contributed by atoms with Gasteiger partial charge in [-0.2, -0.15) is 4.98 Å². The number of aromatic nitrogens is 5. The largest absolute Gasteiger partial charge is 0.332 e. The van der Waals surface area contributed by atoms with Crippen molar-refractivity contribution in [3.05, 3.63) is 67.6 Å². The monoisotopic (exact) mass is 379 g/mol. The highest BCUT2D eigenvalue weighted by molar-refractivity contribution is 5.75. The van der Waals surface area contributed by atoms with Crippen LogP contribution in [0.4, 0.5) is 0 Å². The van der Waals surface area contributed by atoms with Gasteiger partial charge in [-0.05, 0) is 38.3 Å². The Hall–Kier alpha value is -3.09. The van der Waals surface area contributed by atoms with Crippen LogP contribution in [0.25, 0.3) is 16.9 Å². The number of rotatable bonds is 4. The molecular weight excluding hydrogens is 354 g/mol. The summed E-state index contributed by atoms with van der Waals surface area (Å²) in [7, 11) is 1.67. The van der Waals surface area contributed by atoms with Crippen molar-refractivity contribution in [2.75, 3.05) is 0 Å². The molecule has 0 radical (unpaired) electrons. The SMILES string of the molecule is CCCn1c(C)cn2c3c(=O)n(Cc4cc(C)ccc4C)c(=O)n(C)c3nc12. The van der Waals surface area contributed by atoms with E-state index in [1.807, 2.05) is 49.6 Å². The predicted molar refractivity (Wildman–Crippen MR) is 110 cm³/mol. The van der Waals surface area contributed by atoms with E-state index in [9.17, 15) is 9.59 Å². The van der Waals surface area contributed by atoms with Gasteiger partial charge in [-0.15, -0.1) is 0 Å². The molecule has 0 bridgehead atoms. The van der Waals surface area contributed by atoms with Gasteiger partial charge in [-0.25, -0.2) is 4.79 Å². The molecule has 0 saturated carbocycles. The summed E-state index contributed by atoms with van der Waals surface area (Å²) in [5.74, 6) is 0.700. The third-order valence-corrected chi connectivity index (χ3v) is 5.42. The Balaban J connectivity index is 2.02. The van der Waals surface area contributed by atoms with Gasteiger partial charge < -0.3 is 4.57 Å². The first-order chi connectivity index (χ1) is 13.3. The molecular formula is C21H25N5O2. The minimum atomic E-state index is -0.349. The summed E-state index contributed by atoms with van der Waals surface area (Å²) in [5, 5.41) is 0. The van der Waals surface area contributed by atoms with Gasteiger partial charge in [0.25, 0.3) is 5.56 Å². The molecule has 0 fully saturated rings. The van der Waals surface area contributed by atoms with Crippen molar-refractivity contribution in [3.63, 3.8) is 0 Å². The van der Waals surface area contributed by atoms with E-state index in [2.05, 4.69) is 16.5 Å². The fourth-order valence-electron chi connectivity index (χ4n) is 3.84. The standard InChI is InChI=1S/C21H25N5O2/c1-6-9-24-15(4)11-25-17-18(22-20(24)25)23(5)21(28)26(19(17)27)12-16-10-13(2)7-8-14(16)3/h7-8,10-11H,6,9,12H2,1-5H3. The Morgan fingerprint density at radius 3 is 2.54 bits per heavy atom. The normalized spacial score (nSPS) is 11.8. The van der Waals surface area contributed by atoms with Gasteiger partial charge in [0.1, 0.15) is 0 Å². The molecule has 0 atom stereocenters. The smallest absolute Gasteiger partial charge is 0.314 e. The van der Waals surface area contributed by atoms with Crippen LogP contribution in [-0.2, 0) is 20.1 Å². The molecule has 146 valence electrons. The van der Waals surface area contributed by atoms with Crippen LogP contribution in [-0.4, -0.2) is 23.1 Å². The molecule has 3 heterocycles. The third kappa shape index (κ3) is 2.61. The average Bonchev–Trinajstić information content (AvgIpc) is 3.16. The van der Waals surface area contributed by atoms with Gasteiger partial charge >= 0.3 is 5.69 Å². The fraction of sp³-hybridized carbons (Fsp3) is 0.381. The lowest BCUT2D eigenvalue weighted by Gasteiger charge is -2.11. The maximum atomic E-state index is 13.3. The topological polar surface area (TPSA) is 66.2 Å². The van der Waals surface area contributed by atoms with Gasteiger partial charge in [-0.3, -0.25) is 18.3 Å². The first-order valence-electron chi connectivity index (χ1n) is 9.57. The van der Waals surface area contributed by atoms with E-state index in [0.29, 0.717) is 16.9 Å². The van der Waals surface area contributed by atoms with Crippen molar-refractivity contribution in [1.82, 2.24) is 23.1 Å². The summed E-state index contributed by atoms with van der Waals surface area (Å²) in [6.45, 7) is 9.17. The lowest BCUT2D eigenvalue weighted by molar-refractivity contribution is 0.654. The molecule has 4 aromatic rings. The van der Waals surface area contributed by atoms with Crippen LogP contribution in [0.3, 0.4) is 0 Å². The Morgan fingerprint density at radius 2 is 1.82 bits per heavy atom. The van der Waals surface area contributed by atoms with Gasteiger partial charge in [0.2, 0.25) is 5.78 Å². The molecule has 7 nitrogen and oxygen atoms in total. The number of benzene rings is 1. The number of nitrogens with zero attached hydrogens (tertiary/aromatic N) is 5. The second-order valence-corrected chi connectivity index (χ2v) is 7.54. The first-order valence-corrected chi connectivity index (χ1v) is 9.57. The number of fused-ring (bicyclic) bond motifs is 3. The van der Waals surface area contributed by atoms with Crippen LogP contribution in [0.2, 0.25) is 0 Å². The van der Waals surface area contributed by atoms with Crippen molar-refractivity contribution >= 4 is 16.9 Å². The van der Waals surface area contributed by atoms with E-state index in [0.717, 1.165) is 35.3 Å². The molecule has 0 aliphatic carbocycles. The van der Waals surface area contributed by atoms with Gasteiger partial charge in [-0.1, -0.05) is 30.7 Å². The number of imidazole rings is 2. The zero-order chi connectivity index (χ0) is 20.2. The summed E-state index contributed by atoms with van der Waals surface area (Å²) >= 11 is 0. The van der Waals surface area contributed by atoms with E-state index in [4.69, 9.17) is 0 Å². The van der Waals surface area contributed by atoms with Crippen molar-refractivity contribution in [2.24, 2.45) is 7.05 Å². The molecule has 7 heteroatoms. The van der Waals surface area contributed by atoms with Crippen molar-refractivity contribution < 1.29 is 0 Å². The van der Waals surface area contributed by atoms with E-state index >= 15 is 0 Å². The summed E-state index contributed by atoms with van der Waals surface area (Å²) in [4.78, 5) is 30.9. The maximum Gasteiger partial charge on any atom is 0.332 e. The summed E-state index contributed by atoms with van der Waals surface area (Å²) in [5.41, 5.74) is 4.39. The number of aryl methyl sites for hydroxylation is 5. The second kappa shape index (κ2) is 6.51. The highest BCUT2D eigenvalue weighted by Crippen LogP contribution is 2.17. The predicted octanol–water partition coefficient (Wildman–Crippen LogP) is 2.53.